The molecule has 88 valence electrons. The molecule has 0 radical (unpaired) electrons. The minimum absolute atomic E-state index is 0.0518. The van der Waals surface area contributed by atoms with E-state index >= 15 is 0 Å². The summed E-state index contributed by atoms with van der Waals surface area (Å²) >= 11 is 2.61. The molecule has 0 fully saturated rings. The number of nitrogens with zero attached hydrogens (tertiary/aromatic N) is 1. The average Bonchev–Trinajstić information content (AvgIpc) is 2.61. The number of hydrogen-bond donors (Lipinski definition) is 2. The van der Waals surface area contributed by atoms with Crippen LogP contribution in [0.1, 0.15) is 9.88 Å². The molecule has 2 N–H and O–H groups in total. The van der Waals surface area contributed by atoms with E-state index in [9.17, 15) is 9.59 Å². The van der Waals surface area contributed by atoms with Crippen molar-refractivity contribution >= 4 is 35.0 Å². The lowest BCUT2D eigenvalue weighted by molar-refractivity contribution is -0.133. The normalized spacial score (nSPS) is 10.1. The highest BCUT2D eigenvalue weighted by atomic mass is 32.2. The SMILES string of the molecule is Cc1cnc(CNC(=O)CSCC(=O)O)s1. The van der Waals surface area contributed by atoms with Crippen LogP contribution in [0, 0.1) is 6.92 Å². The third-order valence-corrected chi connectivity index (χ3v) is 3.39. The van der Waals surface area contributed by atoms with Gasteiger partial charge in [-0.05, 0) is 6.92 Å². The standard InChI is InChI=1S/C9H12N2O3S2/c1-6-2-11-8(16-6)3-10-7(12)4-15-5-9(13)14/h2H,3-5H2,1H3,(H,10,12)(H,13,14). The molecule has 1 aromatic heterocycles. The molecular weight excluding hydrogens is 248 g/mol. The van der Waals surface area contributed by atoms with Gasteiger partial charge in [-0.3, -0.25) is 9.59 Å². The maximum Gasteiger partial charge on any atom is 0.313 e. The summed E-state index contributed by atoms with van der Waals surface area (Å²) in [6, 6.07) is 0. The second-order valence-electron chi connectivity index (χ2n) is 3.03. The van der Waals surface area contributed by atoms with Crippen LogP contribution >= 0.6 is 23.1 Å². The zero-order chi connectivity index (χ0) is 12.0. The van der Waals surface area contributed by atoms with Crippen LogP contribution in [0.15, 0.2) is 6.20 Å². The Balaban J connectivity index is 2.17. The zero-order valence-corrected chi connectivity index (χ0v) is 10.4. The van der Waals surface area contributed by atoms with Crippen molar-refractivity contribution in [3.05, 3.63) is 16.1 Å². The summed E-state index contributed by atoms with van der Waals surface area (Å²) in [6.45, 7) is 2.36. The second kappa shape index (κ2) is 6.49. The number of rotatable bonds is 6. The first kappa shape index (κ1) is 13.0. The van der Waals surface area contributed by atoms with Crippen LogP contribution in [0.2, 0.25) is 0 Å². The first-order chi connectivity index (χ1) is 7.58. The highest BCUT2D eigenvalue weighted by Crippen LogP contribution is 2.10. The van der Waals surface area contributed by atoms with Crippen molar-refractivity contribution in [2.75, 3.05) is 11.5 Å². The lowest BCUT2D eigenvalue weighted by Gasteiger charge is -2.01. The van der Waals surface area contributed by atoms with Crippen molar-refractivity contribution in [3.8, 4) is 0 Å². The number of aliphatic carboxylic acids is 1. The molecule has 1 heterocycles. The molecule has 1 rings (SSSR count). The summed E-state index contributed by atoms with van der Waals surface area (Å²) in [4.78, 5) is 26.7. The fourth-order valence-electron chi connectivity index (χ4n) is 0.939. The Morgan fingerprint density at radius 3 is 2.88 bits per heavy atom. The van der Waals surface area contributed by atoms with E-state index in [1.165, 1.54) is 11.3 Å². The molecule has 1 aromatic rings. The van der Waals surface area contributed by atoms with Crippen LogP contribution in [-0.4, -0.2) is 33.5 Å². The van der Waals surface area contributed by atoms with Crippen molar-refractivity contribution in [1.82, 2.24) is 10.3 Å². The molecule has 0 aliphatic rings. The van der Waals surface area contributed by atoms with Crippen LogP contribution in [0.3, 0.4) is 0 Å². The number of hydrogen-bond acceptors (Lipinski definition) is 5. The molecule has 1 amide bonds. The molecule has 5 nitrogen and oxygen atoms in total. The molecular formula is C9H12N2O3S2. The Hall–Kier alpha value is -1.08. The van der Waals surface area contributed by atoms with Gasteiger partial charge in [0.1, 0.15) is 5.01 Å². The van der Waals surface area contributed by atoms with E-state index in [4.69, 9.17) is 5.11 Å². The van der Waals surface area contributed by atoms with Gasteiger partial charge in [-0.15, -0.1) is 23.1 Å². The predicted octanol–water partition coefficient (Wildman–Crippen LogP) is 0.886. The molecule has 0 atom stereocenters. The number of aryl methyl sites for hydroxylation is 1. The van der Waals surface area contributed by atoms with Gasteiger partial charge >= 0.3 is 5.97 Å². The summed E-state index contributed by atoms with van der Waals surface area (Å²) in [5.41, 5.74) is 0. The molecule has 7 heteroatoms. The fraction of sp³-hybridized carbons (Fsp3) is 0.444. The smallest absolute Gasteiger partial charge is 0.313 e. The molecule has 0 saturated heterocycles. The largest absolute Gasteiger partial charge is 0.481 e. The number of carboxylic acids is 1. The maximum atomic E-state index is 11.3. The van der Waals surface area contributed by atoms with Crippen molar-refractivity contribution in [3.63, 3.8) is 0 Å². The molecule has 0 spiro atoms. The van der Waals surface area contributed by atoms with Gasteiger partial charge in [-0.2, -0.15) is 0 Å². The van der Waals surface area contributed by atoms with E-state index in [0.717, 1.165) is 21.6 Å². The summed E-state index contributed by atoms with van der Waals surface area (Å²) in [5.74, 6) is -0.965. The van der Waals surface area contributed by atoms with Gasteiger partial charge in [0.2, 0.25) is 5.91 Å². The number of amides is 1. The molecule has 0 aliphatic heterocycles. The van der Waals surface area contributed by atoms with E-state index in [1.807, 2.05) is 6.92 Å². The number of carbonyl (C=O) groups is 2. The summed E-state index contributed by atoms with van der Waals surface area (Å²) in [6.07, 6.45) is 1.76. The first-order valence-electron chi connectivity index (χ1n) is 4.55. The molecule has 0 aliphatic carbocycles. The first-order valence-corrected chi connectivity index (χ1v) is 6.52. The van der Waals surface area contributed by atoms with Crippen molar-refractivity contribution in [1.29, 1.82) is 0 Å². The van der Waals surface area contributed by atoms with Crippen molar-refractivity contribution < 1.29 is 14.7 Å². The van der Waals surface area contributed by atoms with Gasteiger partial charge in [0.25, 0.3) is 0 Å². The van der Waals surface area contributed by atoms with E-state index < -0.39 is 5.97 Å². The van der Waals surface area contributed by atoms with Crippen LogP contribution in [0.5, 0.6) is 0 Å². The van der Waals surface area contributed by atoms with E-state index in [2.05, 4.69) is 10.3 Å². The minimum atomic E-state index is -0.909. The number of thiazole rings is 1. The third kappa shape index (κ3) is 5.13. The highest BCUT2D eigenvalue weighted by molar-refractivity contribution is 8.00. The van der Waals surface area contributed by atoms with Gasteiger partial charge in [0, 0.05) is 11.1 Å². The third-order valence-electron chi connectivity index (χ3n) is 1.56. The van der Waals surface area contributed by atoms with Crippen molar-refractivity contribution in [2.45, 2.75) is 13.5 Å². The molecule has 0 aromatic carbocycles. The fourth-order valence-corrected chi connectivity index (χ4v) is 2.23. The van der Waals surface area contributed by atoms with E-state index in [1.54, 1.807) is 6.20 Å². The monoisotopic (exact) mass is 260 g/mol. The van der Waals surface area contributed by atoms with Crippen LogP contribution < -0.4 is 5.32 Å². The van der Waals surface area contributed by atoms with E-state index in [-0.39, 0.29) is 17.4 Å². The summed E-state index contributed by atoms with van der Waals surface area (Å²) in [7, 11) is 0. The lowest BCUT2D eigenvalue weighted by atomic mass is 10.6. The number of carboxylic acid groups (broad SMARTS) is 1. The Morgan fingerprint density at radius 2 is 2.31 bits per heavy atom. The number of nitrogens with one attached hydrogen (secondary N) is 1. The minimum Gasteiger partial charge on any atom is -0.481 e. The molecule has 16 heavy (non-hydrogen) atoms. The molecule has 0 unspecified atom stereocenters. The van der Waals surface area contributed by atoms with Crippen LogP contribution in [0.4, 0.5) is 0 Å². The Kier molecular flexibility index (Phi) is 5.27. The second-order valence-corrected chi connectivity index (χ2v) is 5.33. The van der Waals surface area contributed by atoms with Crippen LogP contribution in [-0.2, 0) is 16.1 Å². The molecule has 0 bridgehead atoms. The number of thioether (sulfide) groups is 1. The van der Waals surface area contributed by atoms with Crippen molar-refractivity contribution in [2.24, 2.45) is 0 Å². The quantitative estimate of drug-likeness (QED) is 0.794. The number of aromatic nitrogens is 1. The van der Waals surface area contributed by atoms with Crippen LogP contribution in [0.25, 0.3) is 0 Å². The van der Waals surface area contributed by atoms with Gasteiger partial charge in [-0.25, -0.2) is 4.98 Å². The Bertz CT molecular complexity index is 379. The Labute approximate surface area is 101 Å². The highest BCUT2D eigenvalue weighted by Gasteiger charge is 2.05. The maximum absolute atomic E-state index is 11.3. The Morgan fingerprint density at radius 1 is 1.56 bits per heavy atom. The van der Waals surface area contributed by atoms with Gasteiger partial charge in [0.15, 0.2) is 0 Å². The van der Waals surface area contributed by atoms with Gasteiger partial charge in [-0.1, -0.05) is 0 Å². The average molecular weight is 260 g/mol. The number of carbonyl (C=O) groups excluding carboxylic acids is 1. The summed E-state index contributed by atoms with van der Waals surface area (Å²) < 4.78 is 0. The molecule has 0 saturated carbocycles. The summed E-state index contributed by atoms with van der Waals surface area (Å²) in [5, 5.41) is 11.9. The predicted molar refractivity (Wildman–Crippen MR) is 63.7 cm³/mol. The van der Waals surface area contributed by atoms with E-state index in [0.29, 0.717) is 6.54 Å². The zero-order valence-electron chi connectivity index (χ0n) is 8.73. The topological polar surface area (TPSA) is 79.3 Å². The van der Waals surface area contributed by atoms with Gasteiger partial charge in [0.05, 0.1) is 18.1 Å². The van der Waals surface area contributed by atoms with Gasteiger partial charge < -0.3 is 10.4 Å². The lowest BCUT2D eigenvalue weighted by Crippen LogP contribution is -2.25.